The van der Waals surface area contributed by atoms with Gasteiger partial charge in [0.25, 0.3) is 0 Å². The highest BCUT2D eigenvalue weighted by atomic mass is 19.1. The van der Waals surface area contributed by atoms with Crippen LogP contribution in [-0.4, -0.2) is 65.4 Å². The molecular formula is C20H22F2N6O5. The number of halogens is 2. The molecule has 0 atom stereocenters. The Balaban J connectivity index is 1.80. The molecule has 176 valence electrons. The van der Waals surface area contributed by atoms with Crippen LogP contribution in [0, 0.1) is 11.6 Å². The second-order valence-corrected chi connectivity index (χ2v) is 7.57. The van der Waals surface area contributed by atoms with Crippen LogP contribution in [-0.2, 0) is 6.54 Å². The molecule has 3 amide bonds. The van der Waals surface area contributed by atoms with E-state index in [0.29, 0.717) is 18.4 Å². The molecule has 33 heavy (non-hydrogen) atoms. The Hall–Kier alpha value is -3.90. The number of anilines is 3. The van der Waals surface area contributed by atoms with Crippen molar-refractivity contribution < 1.29 is 33.0 Å². The zero-order chi connectivity index (χ0) is 23.9. The van der Waals surface area contributed by atoms with Crippen molar-refractivity contribution in [2.24, 2.45) is 0 Å². The molecular weight excluding hydrogens is 442 g/mol. The second-order valence-electron chi connectivity index (χ2n) is 7.57. The predicted molar refractivity (Wildman–Crippen MR) is 113 cm³/mol. The van der Waals surface area contributed by atoms with E-state index in [1.165, 1.54) is 30.2 Å². The molecule has 0 saturated carbocycles. The number of fused-ring (bicyclic) bond motifs is 1. The van der Waals surface area contributed by atoms with Gasteiger partial charge in [0.15, 0.2) is 23.1 Å². The van der Waals surface area contributed by atoms with Crippen LogP contribution in [0.1, 0.15) is 18.4 Å². The maximum atomic E-state index is 15.2. The van der Waals surface area contributed by atoms with Crippen molar-refractivity contribution in [3.63, 3.8) is 0 Å². The molecule has 0 spiro atoms. The van der Waals surface area contributed by atoms with Gasteiger partial charge < -0.3 is 25.2 Å². The van der Waals surface area contributed by atoms with Gasteiger partial charge in [-0.2, -0.15) is 4.98 Å². The minimum atomic E-state index is -1.07. The van der Waals surface area contributed by atoms with Crippen molar-refractivity contribution in [3.05, 3.63) is 29.5 Å². The van der Waals surface area contributed by atoms with Crippen molar-refractivity contribution in [3.8, 4) is 11.5 Å². The smallest absolute Gasteiger partial charge is 0.407 e. The Morgan fingerprint density at radius 2 is 1.79 bits per heavy atom. The zero-order valence-corrected chi connectivity index (χ0v) is 17.9. The summed E-state index contributed by atoms with van der Waals surface area (Å²) in [5, 5.41) is 9.22. The zero-order valence-electron chi connectivity index (χ0n) is 17.9. The highest BCUT2D eigenvalue weighted by molar-refractivity contribution is 6.06. The number of nitrogens with zero attached hydrogens (tertiary/aromatic N) is 5. The van der Waals surface area contributed by atoms with E-state index in [0.717, 1.165) is 11.0 Å². The summed E-state index contributed by atoms with van der Waals surface area (Å²) in [6, 6.07) is -0.148. The third-order valence-electron chi connectivity index (χ3n) is 5.77. The highest BCUT2D eigenvalue weighted by Crippen LogP contribution is 2.41. The van der Waals surface area contributed by atoms with E-state index in [1.54, 1.807) is 0 Å². The molecule has 1 fully saturated rings. The van der Waals surface area contributed by atoms with E-state index in [4.69, 9.17) is 15.2 Å². The number of benzene rings is 1. The van der Waals surface area contributed by atoms with Gasteiger partial charge in [0.05, 0.1) is 20.8 Å². The van der Waals surface area contributed by atoms with Gasteiger partial charge in [0.2, 0.25) is 5.95 Å². The second kappa shape index (κ2) is 8.56. The van der Waals surface area contributed by atoms with E-state index < -0.39 is 35.5 Å². The largest absolute Gasteiger partial charge is 0.493 e. The van der Waals surface area contributed by atoms with Crippen LogP contribution < -0.4 is 25.0 Å². The lowest BCUT2D eigenvalue weighted by Gasteiger charge is -2.42. The molecule has 0 radical (unpaired) electrons. The molecule has 13 heteroatoms. The Labute approximate surface area is 187 Å². The number of carboxylic acid groups (broad SMARTS) is 1. The third-order valence-corrected chi connectivity index (χ3v) is 5.77. The van der Waals surface area contributed by atoms with Crippen LogP contribution in [0.5, 0.6) is 11.5 Å². The number of piperidine rings is 1. The van der Waals surface area contributed by atoms with E-state index in [9.17, 15) is 14.7 Å². The first-order valence-electron chi connectivity index (χ1n) is 10.1. The Kier molecular flexibility index (Phi) is 5.78. The van der Waals surface area contributed by atoms with Crippen LogP contribution in [0.3, 0.4) is 0 Å². The van der Waals surface area contributed by atoms with Crippen LogP contribution in [0.15, 0.2) is 12.3 Å². The summed E-state index contributed by atoms with van der Waals surface area (Å²) in [6.07, 6.45) is 0.951. The molecule has 0 aliphatic carbocycles. The topological polar surface area (TPSA) is 134 Å². The average Bonchev–Trinajstić information content (AvgIpc) is 2.80. The number of hydrogen-bond acceptors (Lipinski definition) is 7. The molecule has 4 rings (SSSR count). The number of carbonyl (C=O) groups excluding carboxylic acids is 1. The van der Waals surface area contributed by atoms with Gasteiger partial charge in [0, 0.05) is 37.0 Å². The highest BCUT2D eigenvalue weighted by Gasteiger charge is 2.41. The lowest BCUT2D eigenvalue weighted by Crippen LogP contribution is -2.56. The van der Waals surface area contributed by atoms with Crippen LogP contribution in [0.4, 0.5) is 35.8 Å². The summed E-state index contributed by atoms with van der Waals surface area (Å²) in [5.74, 6) is -2.56. The molecule has 3 heterocycles. The minimum absolute atomic E-state index is 0.0663. The van der Waals surface area contributed by atoms with Gasteiger partial charge in [-0.25, -0.2) is 23.4 Å². The van der Waals surface area contributed by atoms with E-state index >= 15 is 8.78 Å². The number of urea groups is 1. The number of aromatic nitrogens is 2. The maximum Gasteiger partial charge on any atom is 0.407 e. The molecule has 0 unspecified atom stereocenters. The van der Waals surface area contributed by atoms with Crippen LogP contribution in [0.2, 0.25) is 0 Å². The fraction of sp³-hybridized carbons (Fsp3) is 0.400. The van der Waals surface area contributed by atoms with Gasteiger partial charge >= 0.3 is 12.1 Å². The first-order chi connectivity index (χ1) is 15.8. The summed E-state index contributed by atoms with van der Waals surface area (Å²) < 4.78 is 40.4. The van der Waals surface area contributed by atoms with Crippen molar-refractivity contribution in [2.75, 3.05) is 42.8 Å². The number of amides is 3. The van der Waals surface area contributed by atoms with Gasteiger partial charge in [-0.05, 0) is 12.8 Å². The Morgan fingerprint density at radius 1 is 1.18 bits per heavy atom. The summed E-state index contributed by atoms with van der Waals surface area (Å²) in [7, 11) is 2.43. The van der Waals surface area contributed by atoms with E-state index in [-0.39, 0.29) is 42.9 Å². The van der Waals surface area contributed by atoms with E-state index in [1.807, 2.05) is 0 Å². The van der Waals surface area contributed by atoms with Crippen molar-refractivity contribution in [2.45, 2.75) is 25.4 Å². The standard InChI is InChI=1S/C20H22F2N6O5/c1-32-12-7-13(33-2)15(22)16(14(12)21)27-9-10-8-24-18(23)25-17(10)28(19(27)29)11-3-5-26(6-4-11)20(30)31/h7-8,11H,3-6,9H2,1-2H3,(H,30,31)(H2,23,24,25). The minimum Gasteiger partial charge on any atom is -0.493 e. The van der Waals surface area contributed by atoms with Crippen LogP contribution >= 0.6 is 0 Å². The quantitative estimate of drug-likeness (QED) is 0.705. The molecule has 2 aliphatic heterocycles. The maximum absolute atomic E-state index is 15.2. The number of ether oxygens (including phenoxy) is 2. The SMILES string of the molecule is COc1cc(OC)c(F)c(N2Cc3cnc(N)nc3N(C3CCN(C(=O)O)CC3)C2=O)c1F. The molecule has 2 aromatic rings. The lowest BCUT2D eigenvalue weighted by atomic mass is 10.0. The fourth-order valence-electron chi connectivity index (χ4n) is 4.12. The van der Waals surface area contributed by atoms with Gasteiger partial charge in [-0.3, -0.25) is 9.80 Å². The first kappa shape index (κ1) is 22.3. The first-order valence-corrected chi connectivity index (χ1v) is 10.1. The summed E-state index contributed by atoms with van der Waals surface area (Å²) in [6.45, 7) is 0.161. The number of nitrogen functional groups attached to an aromatic ring is 1. The molecule has 1 aromatic carbocycles. The molecule has 1 saturated heterocycles. The lowest BCUT2D eigenvalue weighted by molar-refractivity contribution is 0.132. The number of likely N-dealkylation sites (tertiary alicyclic amines) is 1. The van der Waals surface area contributed by atoms with E-state index in [2.05, 4.69) is 9.97 Å². The Bertz CT molecular complexity index is 1080. The van der Waals surface area contributed by atoms with Crippen molar-refractivity contribution >= 4 is 29.6 Å². The summed E-state index contributed by atoms with van der Waals surface area (Å²) in [4.78, 5) is 36.5. The fourth-order valence-corrected chi connectivity index (χ4v) is 4.12. The number of hydrogen-bond donors (Lipinski definition) is 2. The Morgan fingerprint density at radius 3 is 2.33 bits per heavy atom. The van der Waals surface area contributed by atoms with Gasteiger partial charge in [-0.1, -0.05) is 0 Å². The number of nitrogens with two attached hydrogens (primary N) is 1. The van der Waals surface area contributed by atoms with Gasteiger partial charge in [0.1, 0.15) is 11.5 Å². The number of rotatable bonds is 4. The van der Waals surface area contributed by atoms with Crippen molar-refractivity contribution in [1.29, 1.82) is 0 Å². The molecule has 1 aromatic heterocycles. The molecule has 0 bridgehead atoms. The molecule has 3 N–H and O–H groups in total. The summed E-state index contributed by atoms with van der Waals surface area (Å²) in [5.41, 5.74) is 5.53. The number of methoxy groups -OCH3 is 2. The van der Waals surface area contributed by atoms with Crippen LogP contribution in [0.25, 0.3) is 0 Å². The molecule has 11 nitrogen and oxygen atoms in total. The predicted octanol–water partition coefficient (Wildman–Crippen LogP) is 2.44. The van der Waals surface area contributed by atoms with Gasteiger partial charge in [-0.15, -0.1) is 0 Å². The monoisotopic (exact) mass is 464 g/mol. The normalized spacial score (nSPS) is 16.6. The molecule has 2 aliphatic rings. The van der Waals surface area contributed by atoms with Crippen molar-refractivity contribution in [1.82, 2.24) is 14.9 Å². The third kappa shape index (κ3) is 3.79. The average molecular weight is 464 g/mol. The number of carbonyl (C=O) groups is 2. The summed E-state index contributed by atoms with van der Waals surface area (Å²) >= 11 is 0.